The molecule has 0 radical (unpaired) electrons. The lowest BCUT2D eigenvalue weighted by molar-refractivity contribution is -0.122. The summed E-state index contributed by atoms with van der Waals surface area (Å²) >= 11 is 0. The van der Waals surface area contributed by atoms with E-state index in [1.54, 1.807) is 12.1 Å². The summed E-state index contributed by atoms with van der Waals surface area (Å²) in [5.74, 6) is 0.194. The van der Waals surface area contributed by atoms with Crippen LogP contribution in [0.15, 0.2) is 18.2 Å². The number of carbonyl (C=O) groups excluding carboxylic acids is 3. The summed E-state index contributed by atoms with van der Waals surface area (Å²) in [5.41, 5.74) is 1.91. The van der Waals surface area contributed by atoms with Crippen LogP contribution in [0.2, 0.25) is 0 Å². The van der Waals surface area contributed by atoms with Gasteiger partial charge in [0, 0.05) is 19.0 Å². The number of hydrogen-bond donors (Lipinski definition) is 1. The van der Waals surface area contributed by atoms with Crippen molar-refractivity contribution in [2.45, 2.75) is 58.4 Å². The van der Waals surface area contributed by atoms with Gasteiger partial charge < -0.3 is 5.32 Å². The van der Waals surface area contributed by atoms with Crippen LogP contribution in [0.25, 0.3) is 0 Å². The van der Waals surface area contributed by atoms with Crippen LogP contribution in [0.4, 0.5) is 0 Å². The molecule has 3 rings (SSSR count). The van der Waals surface area contributed by atoms with Crippen molar-refractivity contribution in [1.82, 2.24) is 10.2 Å². The smallest absolute Gasteiger partial charge is 0.261 e. The highest BCUT2D eigenvalue weighted by atomic mass is 16.2. The molecule has 0 saturated heterocycles. The molecule has 2 atom stereocenters. The number of aryl methyl sites for hydroxylation is 1. The third-order valence-electron chi connectivity index (χ3n) is 5.21. The van der Waals surface area contributed by atoms with Crippen LogP contribution in [0.3, 0.4) is 0 Å². The molecule has 1 fully saturated rings. The van der Waals surface area contributed by atoms with E-state index in [-0.39, 0.29) is 23.8 Å². The van der Waals surface area contributed by atoms with Gasteiger partial charge in [-0.2, -0.15) is 0 Å². The Bertz CT molecular complexity index is 698. The lowest BCUT2D eigenvalue weighted by Crippen LogP contribution is -2.38. The van der Waals surface area contributed by atoms with E-state index < -0.39 is 0 Å². The van der Waals surface area contributed by atoms with E-state index >= 15 is 0 Å². The topological polar surface area (TPSA) is 66.5 Å². The first-order valence-electron chi connectivity index (χ1n) is 9.22. The van der Waals surface area contributed by atoms with Gasteiger partial charge in [0.05, 0.1) is 11.1 Å². The molecule has 1 aromatic rings. The fourth-order valence-corrected chi connectivity index (χ4v) is 3.87. The average molecular weight is 342 g/mol. The monoisotopic (exact) mass is 342 g/mol. The fourth-order valence-electron chi connectivity index (χ4n) is 3.87. The number of hydrogen-bond acceptors (Lipinski definition) is 3. The quantitative estimate of drug-likeness (QED) is 0.836. The maximum Gasteiger partial charge on any atom is 0.261 e. The first kappa shape index (κ1) is 17.6. The standard InChI is InChI=1S/C20H26N2O3/c1-13-5-3-6-15(11-13)21-18(23)7-4-10-22-19(24)16-9-8-14(2)12-17(16)20(22)25/h8-9,12-13,15H,3-7,10-11H2,1-2H3,(H,21,23). The minimum atomic E-state index is -0.249. The van der Waals surface area contributed by atoms with Gasteiger partial charge >= 0.3 is 0 Å². The molecule has 5 nitrogen and oxygen atoms in total. The maximum absolute atomic E-state index is 12.4. The van der Waals surface area contributed by atoms with Crippen molar-refractivity contribution >= 4 is 17.7 Å². The second kappa shape index (κ2) is 7.38. The number of fused-ring (bicyclic) bond motifs is 1. The predicted octanol–water partition coefficient (Wildman–Crippen LogP) is 3.07. The van der Waals surface area contributed by atoms with E-state index in [9.17, 15) is 14.4 Å². The number of nitrogens with one attached hydrogen (secondary N) is 1. The summed E-state index contributed by atoms with van der Waals surface area (Å²) in [6.07, 6.45) is 5.35. The van der Waals surface area contributed by atoms with Crippen LogP contribution in [-0.4, -0.2) is 35.2 Å². The Balaban J connectivity index is 1.48. The number of imide groups is 1. The zero-order valence-corrected chi connectivity index (χ0v) is 15.0. The zero-order valence-electron chi connectivity index (χ0n) is 15.0. The Morgan fingerprint density at radius 2 is 1.96 bits per heavy atom. The van der Waals surface area contributed by atoms with Gasteiger partial charge in [-0.3, -0.25) is 19.3 Å². The van der Waals surface area contributed by atoms with Gasteiger partial charge in [0.25, 0.3) is 11.8 Å². The number of benzene rings is 1. The lowest BCUT2D eigenvalue weighted by Gasteiger charge is -2.27. The largest absolute Gasteiger partial charge is 0.353 e. The second-order valence-electron chi connectivity index (χ2n) is 7.45. The lowest BCUT2D eigenvalue weighted by atomic mass is 9.87. The molecule has 1 heterocycles. The van der Waals surface area contributed by atoms with Crippen LogP contribution in [0.5, 0.6) is 0 Å². The Hall–Kier alpha value is -2.17. The third kappa shape index (κ3) is 3.91. The van der Waals surface area contributed by atoms with Crippen molar-refractivity contribution in [2.24, 2.45) is 5.92 Å². The molecule has 1 aromatic carbocycles. The minimum Gasteiger partial charge on any atom is -0.353 e. The predicted molar refractivity (Wildman–Crippen MR) is 95.3 cm³/mol. The molecule has 5 heteroatoms. The van der Waals surface area contributed by atoms with Gasteiger partial charge in [-0.15, -0.1) is 0 Å². The Morgan fingerprint density at radius 1 is 1.20 bits per heavy atom. The molecular formula is C20H26N2O3. The molecule has 0 bridgehead atoms. The summed E-state index contributed by atoms with van der Waals surface area (Å²) in [6, 6.07) is 5.58. The van der Waals surface area contributed by atoms with Crippen LogP contribution in [-0.2, 0) is 4.79 Å². The summed E-state index contributed by atoms with van der Waals surface area (Å²) in [7, 11) is 0. The minimum absolute atomic E-state index is 0.0200. The maximum atomic E-state index is 12.4. The van der Waals surface area contributed by atoms with Crippen molar-refractivity contribution in [3.8, 4) is 0 Å². The first-order chi connectivity index (χ1) is 12.0. The van der Waals surface area contributed by atoms with E-state index in [1.165, 1.54) is 17.7 Å². The molecule has 2 unspecified atom stereocenters. The molecule has 134 valence electrons. The Kier molecular flexibility index (Phi) is 5.21. The second-order valence-corrected chi connectivity index (χ2v) is 7.45. The molecular weight excluding hydrogens is 316 g/mol. The van der Waals surface area contributed by atoms with E-state index in [0.717, 1.165) is 18.4 Å². The van der Waals surface area contributed by atoms with E-state index in [2.05, 4.69) is 12.2 Å². The molecule has 3 amide bonds. The van der Waals surface area contributed by atoms with Gasteiger partial charge in [0.2, 0.25) is 5.91 Å². The highest BCUT2D eigenvalue weighted by Crippen LogP contribution is 2.25. The Labute approximate surface area is 148 Å². The molecule has 1 N–H and O–H groups in total. The number of carbonyl (C=O) groups is 3. The number of amides is 3. The van der Waals surface area contributed by atoms with E-state index in [1.807, 2.05) is 13.0 Å². The summed E-state index contributed by atoms with van der Waals surface area (Å²) in [6.45, 7) is 4.42. The van der Waals surface area contributed by atoms with Crippen LogP contribution in [0.1, 0.15) is 71.7 Å². The van der Waals surface area contributed by atoms with Gasteiger partial charge in [-0.05, 0) is 44.2 Å². The first-order valence-corrected chi connectivity index (χ1v) is 9.22. The van der Waals surface area contributed by atoms with Crippen molar-refractivity contribution < 1.29 is 14.4 Å². The van der Waals surface area contributed by atoms with Crippen molar-refractivity contribution in [3.63, 3.8) is 0 Å². The average Bonchev–Trinajstić information content (AvgIpc) is 2.79. The summed E-state index contributed by atoms with van der Waals surface area (Å²) < 4.78 is 0. The van der Waals surface area contributed by atoms with Crippen molar-refractivity contribution in [1.29, 1.82) is 0 Å². The van der Waals surface area contributed by atoms with Crippen molar-refractivity contribution in [3.05, 3.63) is 34.9 Å². The van der Waals surface area contributed by atoms with Crippen molar-refractivity contribution in [2.75, 3.05) is 6.54 Å². The highest BCUT2D eigenvalue weighted by molar-refractivity contribution is 6.21. The number of rotatable bonds is 5. The van der Waals surface area contributed by atoms with Crippen LogP contribution >= 0.6 is 0 Å². The summed E-state index contributed by atoms with van der Waals surface area (Å²) in [5, 5.41) is 3.09. The molecule has 25 heavy (non-hydrogen) atoms. The van der Waals surface area contributed by atoms with E-state index in [4.69, 9.17) is 0 Å². The molecule has 1 aliphatic carbocycles. The summed E-state index contributed by atoms with van der Waals surface area (Å²) in [4.78, 5) is 38.1. The van der Waals surface area contributed by atoms with Gasteiger partial charge in [-0.25, -0.2) is 0 Å². The molecule has 0 aromatic heterocycles. The van der Waals surface area contributed by atoms with Crippen LogP contribution < -0.4 is 5.32 Å². The Morgan fingerprint density at radius 3 is 2.72 bits per heavy atom. The van der Waals surface area contributed by atoms with E-state index in [0.29, 0.717) is 36.4 Å². The van der Waals surface area contributed by atoms with Gasteiger partial charge in [0.1, 0.15) is 0 Å². The molecule has 1 saturated carbocycles. The third-order valence-corrected chi connectivity index (χ3v) is 5.21. The highest BCUT2D eigenvalue weighted by Gasteiger charge is 2.35. The number of nitrogens with zero attached hydrogens (tertiary/aromatic N) is 1. The van der Waals surface area contributed by atoms with Crippen LogP contribution in [0, 0.1) is 12.8 Å². The fraction of sp³-hybridized carbons (Fsp3) is 0.550. The van der Waals surface area contributed by atoms with Gasteiger partial charge in [0.15, 0.2) is 0 Å². The zero-order chi connectivity index (χ0) is 18.0. The molecule has 1 aliphatic heterocycles. The molecule has 2 aliphatic rings. The SMILES string of the molecule is Cc1ccc2c(c1)C(=O)N(CCCC(=O)NC1CCCC(C)C1)C2=O. The molecule has 0 spiro atoms. The normalized spacial score (nSPS) is 22.9. The van der Waals surface area contributed by atoms with Gasteiger partial charge in [-0.1, -0.05) is 31.4 Å².